The van der Waals surface area contributed by atoms with E-state index in [9.17, 15) is 10.1 Å². The maximum atomic E-state index is 14.0. The number of benzene rings is 2. The molecule has 3 aliphatic rings. The zero-order chi connectivity index (χ0) is 24.7. The molecule has 0 aromatic heterocycles. The Hall–Kier alpha value is -2.88. The van der Waals surface area contributed by atoms with Crippen molar-refractivity contribution in [3.63, 3.8) is 0 Å². The third-order valence-electron chi connectivity index (χ3n) is 9.12. The molecule has 2 saturated carbocycles. The van der Waals surface area contributed by atoms with E-state index in [0.29, 0.717) is 18.7 Å². The quantitative estimate of drug-likeness (QED) is 0.584. The number of nitrogens with zero attached hydrogens (tertiary/aromatic N) is 4. The molecule has 1 spiro atoms. The van der Waals surface area contributed by atoms with E-state index in [-0.39, 0.29) is 22.7 Å². The first-order valence-corrected chi connectivity index (χ1v) is 12.8. The maximum Gasteiger partial charge on any atom is 0.325 e. The number of carbonyl (C=O) groups is 1. The van der Waals surface area contributed by atoms with Gasteiger partial charge >= 0.3 is 6.03 Å². The van der Waals surface area contributed by atoms with Gasteiger partial charge in [-0.05, 0) is 76.7 Å². The van der Waals surface area contributed by atoms with Crippen molar-refractivity contribution in [2.75, 3.05) is 39.2 Å². The summed E-state index contributed by atoms with van der Waals surface area (Å²) in [6.45, 7) is 1.23. The molecule has 0 atom stereocenters. The van der Waals surface area contributed by atoms with Gasteiger partial charge in [-0.15, -0.1) is 0 Å². The van der Waals surface area contributed by atoms with Crippen LogP contribution >= 0.6 is 0 Å². The molecule has 0 N–H and O–H groups in total. The van der Waals surface area contributed by atoms with E-state index >= 15 is 0 Å². The monoisotopic (exact) mass is 472 g/mol. The van der Waals surface area contributed by atoms with Gasteiger partial charge in [0.25, 0.3) is 0 Å². The number of carbonyl (C=O) groups excluding carboxylic acids is 1. The molecule has 0 radical (unpaired) electrons. The lowest BCUT2D eigenvalue weighted by atomic mass is 9.67. The van der Waals surface area contributed by atoms with Crippen LogP contribution in [0.4, 0.5) is 10.5 Å². The molecule has 3 fully saturated rings. The Balaban J connectivity index is 1.50. The minimum Gasteiger partial charge on any atom is -0.376 e. The fourth-order valence-corrected chi connectivity index (χ4v) is 6.61. The van der Waals surface area contributed by atoms with E-state index in [0.717, 1.165) is 50.6 Å². The van der Waals surface area contributed by atoms with Crippen LogP contribution in [-0.4, -0.2) is 61.3 Å². The summed E-state index contributed by atoms with van der Waals surface area (Å²) in [4.78, 5) is 20.4. The number of hydrogen-bond acceptors (Lipinski definition) is 4. The van der Waals surface area contributed by atoms with Gasteiger partial charge in [0.15, 0.2) is 0 Å². The van der Waals surface area contributed by atoms with E-state index < -0.39 is 0 Å². The predicted molar refractivity (Wildman–Crippen MR) is 137 cm³/mol. The molecular weight excluding hydrogens is 436 g/mol. The molecule has 0 unspecified atom stereocenters. The number of para-hydroxylation sites is 1. The van der Waals surface area contributed by atoms with Crippen molar-refractivity contribution in [1.82, 2.24) is 9.80 Å². The second-order valence-electron chi connectivity index (χ2n) is 10.8. The lowest BCUT2D eigenvalue weighted by molar-refractivity contribution is -0.0996. The molecule has 2 aromatic carbocycles. The third-order valence-corrected chi connectivity index (χ3v) is 9.12. The fourth-order valence-electron chi connectivity index (χ4n) is 6.61. The van der Waals surface area contributed by atoms with Gasteiger partial charge in [-0.25, -0.2) is 4.79 Å². The number of urea groups is 1. The number of nitriles is 1. The van der Waals surface area contributed by atoms with Crippen molar-refractivity contribution in [2.45, 2.75) is 61.6 Å². The number of rotatable bonds is 6. The van der Waals surface area contributed by atoms with Gasteiger partial charge in [0.2, 0.25) is 0 Å². The second-order valence-corrected chi connectivity index (χ2v) is 10.8. The minimum absolute atomic E-state index is 0.00749. The predicted octanol–water partition coefficient (Wildman–Crippen LogP) is 5.14. The van der Waals surface area contributed by atoms with Crippen molar-refractivity contribution in [3.8, 4) is 6.07 Å². The van der Waals surface area contributed by atoms with Crippen LogP contribution in [0.1, 0.15) is 56.1 Å². The van der Waals surface area contributed by atoms with Crippen LogP contribution in [0.15, 0.2) is 54.6 Å². The zero-order valence-electron chi connectivity index (χ0n) is 21.2. The highest BCUT2D eigenvalue weighted by atomic mass is 16.5. The van der Waals surface area contributed by atoms with Crippen LogP contribution in [0.2, 0.25) is 0 Å². The molecule has 184 valence electrons. The molecular formula is C29H36N4O2. The second kappa shape index (κ2) is 8.96. The first-order chi connectivity index (χ1) is 16.9. The van der Waals surface area contributed by atoms with Gasteiger partial charge < -0.3 is 9.64 Å². The number of methoxy groups -OCH3 is 1. The normalized spacial score (nSPS) is 27.8. The molecule has 0 bridgehead atoms. The number of anilines is 1. The van der Waals surface area contributed by atoms with Crippen LogP contribution in [0.3, 0.4) is 0 Å². The molecule has 5 rings (SSSR count). The Kier molecular flexibility index (Phi) is 6.11. The SMILES string of the molecule is COC1(CN2C(=O)N(c3ccccc3C#N)C[C@]23CC[C@](c2ccccc2)(N(C)C)CC3)CCC1. The molecule has 6 heteroatoms. The molecule has 1 heterocycles. The summed E-state index contributed by atoms with van der Waals surface area (Å²) in [5.74, 6) is 0. The van der Waals surface area contributed by atoms with E-state index in [1.165, 1.54) is 5.56 Å². The summed E-state index contributed by atoms with van der Waals surface area (Å²) >= 11 is 0. The average Bonchev–Trinajstić information content (AvgIpc) is 3.13. The summed E-state index contributed by atoms with van der Waals surface area (Å²) in [6.07, 6.45) is 6.89. The topological polar surface area (TPSA) is 59.8 Å². The number of ether oxygens (including phenoxy) is 1. The molecule has 2 amide bonds. The highest BCUT2D eigenvalue weighted by molar-refractivity contribution is 5.96. The molecule has 6 nitrogen and oxygen atoms in total. The standard InChI is InChI=1S/C29H36N4O2/c1-31(2)29(24-11-5-4-6-12-24)18-16-27(17-19-29)21-32(25-13-8-7-10-23(25)20-30)26(34)33(27)22-28(35-3)14-9-15-28/h4-8,10-13H,9,14-19,21-22H2,1-3H3/t27-,29+. The van der Waals surface area contributed by atoms with Crippen LogP contribution in [-0.2, 0) is 10.3 Å². The highest BCUT2D eigenvalue weighted by Gasteiger charge is 2.57. The van der Waals surface area contributed by atoms with Crippen molar-refractivity contribution in [1.29, 1.82) is 5.26 Å². The summed E-state index contributed by atoms with van der Waals surface area (Å²) < 4.78 is 5.98. The summed E-state index contributed by atoms with van der Waals surface area (Å²) in [6, 6.07) is 20.5. The molecule has 1 aliphatic heterocycles. The van der Waals surface area contributed by atoms with Gasteiger partial charge in [-0.2, -0.15) is 5.26 Å². The Bertz CT molecular complexity index is 1110. The van der Waals surface area contributed by atoms with Gasteiger partial charge in [-0.3, -0.25) is 9.80 Å². The van der Waals surface area contributed by atoms with Crippen molar-refractivity contribution < 1.29 is 9.53 Å². The number of hydrogen-bond donors (Lipinski definition) is 0. The van der Waals surface area contributed by atoms with Crippen LogP contribution in [0, 0.1) is 11.3 Å². The Morgan fingerprint density at radius 2 is 1.63 bits per heavy atom. The average molecular weight is 473 g/mol. The van der Waals surface area contributed by atoms with Gasteiger partial charge in [0.1, 0.15) is 6.07 Å². The van der Waals surface area contributed by atoms with E-state index in [1.807, 2.05) is 23.1 Å². The fraction of sp³-hybridized carbons (Fsp3) is 0.517. The Morgan fingerprint density at radius 3 is 2.20 bits per heavy atom. The largest absolute Gasteiger partial charge is 0.376 e. The molecule has 2 aliphatic carbocycles. The molecule has 35 heavy (non-hydrogen) atoms. The highest BCUT2D eigenvalue weighted by Crippen LogP contribution is 2.51. The first-order valence-electron chi connectivity index (χ1n) is 12.8. The van der Waals surface area contributed by atoms with Crippen molar-refractivity contribution >= 4 is 11.7 Å². The van der Waals surface area contributed by atoms with Crippen LogP contribution in [0.25, 0.3) is 0 Å². The van der Waals surface area contributed by atoms with Crippen molar-refractivity contribution in [3.05, 3.63) is 65.7 Å². The number of amides is 2. The van der Waals surface area contributed by atoms with E-state index in [4.69, 9.17) is 4.74 Å². The van der Waals surface area contributed by atoms with Crippen LogP contribution in [0.5, 0.6) is 0 Å². The maximum absolute atomic E-state index is 14.0. The van der Waals surface area contributed by atoms with Gasteiger partial charge in [0, 0.05) is 12.6 Å². The minimum atomic E-state index is -0.269. The van der Waals surface area contributed by atoms with Crippen molar-refractivity contribution in [2.24, 2.45) is 0 Å². The Labute approximate surface area is 209 Å². The van der Waals surface area contributed by atoms with Crippen LogP contribution < -0.4 is 4.90 Å². The molecule has 2 aromatic rings. The lowest BCUT2D eigenvalue weighted by Gasteiger charge is -2.53. The summed E-state index contributed by atoms with van der Waals surface area (Å²) in [7, 11) is 6.13. The van der Waals surface area contributed by atoms with Gasteiger partial charge in [-0.1, -0.05) is 42.5 Å². The third kappa shape index (κ3) is 3.82. The molecule has 1 saturated heterocycles. The summed E-state index contributed by atoms with van der Waals surface area (Å²) in [5, 5.41) is 9.73. The zero-order valence-corrected chi connectivity index (χ0v) is 21.2. The van der Waals surface area contributed by atoms with E-state index in [1.54, 1.807) is 13.2 Å². The first kappa shape index (κ1) is 23.8. The lowest BCUT2D eigenvalue weighted by Crippen LogP contribution is -2.60. The smallest absolute Gasteiger partial charge is 0.325 e. The van der Waals surface area contributed by atoms with Gasteiger partial charge in [0.05, 0.1) is 35.5 Å². The Morgan fingerprint density at radius 1 is 0.971 bits per heavy atom. The van der Waals surface area contributed by atoms with E-state index in [2.05, 4.69) is 60.3 Å². The summed E-state index contributed by atoms with van der Waals surface area (Å²) in [5.41, 5.74) is 2.04.